The molecule has 1 aliphatic carbocycles. The summed E-state index contributed by atoms with van der Waals surface area (Å²) in [6, 6.07) is 16.8. The molecule has 154 valence electrons. The highest BCUT2D eigenvalue weighted by Crippen LogP contribution is 2.44. The summed E-state index contributed by atoms with van der Waals surface area (Å²) in [7, 11) is 0. The number of likely N-dealkylation sites (tertiary alicyclic amines) is 1. The number of carbonyl (C=O) groups is 1. The van der Waals surface area contributed by atoms with Crippen LogP contribution >= 0.6 is 0 Å². The number of hydrogen-bond acceptors (Lipinski definition) is 4. The molecule has 1 heterocycles. The number of nitrogens with zero attached hydrogens (tertiary/aromatic N) is 1. The zero-order valence-electron chi connectivity index (χ0n) is 16.9. The van der Waals surface area contributed by atoms with Crippen LogP contribution in [0.5, 0.6) is 0 Å². The van der Waals surface area contributed by atoms with E-state index >= 15 is 0 Å². The maximum absolute atomic E-state index is 13.0. The lowest BCUT2D eigenvalue weighted by molar-refractivity contribution is 0.00169. The van der Waals surface area contributed by atoms with Gasteiger partial charge in [0.1, 0.15) is 6.61 Å². The number of rotatable bonds is 6. The Hall–Kier alpha value is -2.37. The molecule has 2 aliphatic rings. The van der Waals surface area contributed by atoms with Gasteiger partial charge in [0, 0.05) is 12.0 Å². The summed E-state index contributed by atoms with van der Waals surface area (Å²) in [6.45, 7) is 3.13. The quantitative estimate of drug-likeness (QED) is 0.745. The van der Waals surface area contributed by atoms with Crippen molar-refractivity contribution in [3.8, 4) is 11.1 Å². The second-order valence-electron chi connectivity index (χ2n) is 7.94. The summed E-state index contributed by atoms with van der Waals surface area (Å²) in [5.74, 6) is 0.0653. The lowest BCUT2D eigenvalue weighted by atomic mass is 9.97. The molecule has 2 atom stereocenters. The van der Waals surface area contributed by atoms with E-state index in [1.54, 1.807) is 0 Å². The molecular weight excluding hydrogens is 366 g/mol. The van der Waals surface area contributed by atoms with E-state index in [1.165, 1.54) is 22.3 Å². The average Bonchev–Trinajstić information content (AvgIpc) is 3.06. The summed E-state index contributed by atoms with van der Waals surface area (Å²) >= 11 is 0. The maximum Gasteiger partial charge on any atom is 0.410 e. The molecular formula is C24H29NO4. The van der Waals surface area contributed by atoms with Crippen molar-refractivity contribution < 1.29 is 19.4 Å². The van der Waals surface area contributed by atoms with Crippen LogP contribution in [0.4, 0.5) is 4.79 Å². The molecule has 1 fully saturated rings. The zero-order valence-corrected chi connectivity index (χ0v) is 16.9. The Morgan fingerprint density at radius 2 is 1.69 bits per heavy atom. The summed E-state index contributed by atoms with van der Waals surface area (Å²) in [5, 5.41) is 8.96. The van der Waals surface area contributed by atoms with Crippen molar-refractivity contribution in [1.29, 1.82) is 0 Å². The molecule has 2 aromatic carbocycles. The molecule has 0 radical (unpaired) electrons. The first-order valence-electron chi connectivity index (χ1n) is 10.5. The molecule has 2 aromatic rings. The van der Waals surface area contributed by atoms with Gasteiger partial charge in [-0.05, 0) is 48.4 Å². The van der Waals surface area contributed by atoms with E-state index in [4.69, 9.17) is 14.6 Å². The van der Waals surface area contributed by atoms with Crippen LogP contribution in [0.15, 0.2) is 48.5 Å². The fourth-order valence-corrected chi connectivity index (χ4v) is 4.73. The second-order valence-corrected chi connectivity index (χ2v) is 7.94. The van der Waals surface area contributed by atoms with Gasteiger partial charge in [-0.25, -0.2) is 4.79 Å². The number of piperidine rings is 1. The molecule has 1 amide bonds. The van der Waals surface area contributed by atoms with E-state index in [9.17, 15) is 4.79 Å². The molecule has 4 rings (SSSR count). The standard InChI is InChI=1S/C24H29NO4/c1-17-7-6-8-18(15-28-14-13-26)25(17)24(27)29-16-23-21-11-4-2-9-19(21)20-10-3-5-12-22(20)23/h2-5,9-12,17-18,23,26H,6-8,13-16H2,1H3/t17-,18-/m1/s1. The number of ether oxygens (including phenoxy) is 2. The van der Waals surface area contributed by atoms with Crippen molar-refractivity contribution in [3.05, 3.63) is 59.7 Å². The first-order chi connectivity index (χ1) is 14.2. The van der Waals surface area contributed by atoms with Gasteiger partial charge in [0.2, 0.25) is 0 Å². The van der Waals surface area contributed by atoms with Gasteiger partial charge in [-0.3, -0.25) is 0 Å². The van der Waals surface area contributed by atoms with E-state index in [2.05, 4.69) is 43.3 Å². The summed E-state index contributed by atoms with van der Waals surface area (Å²) in [6.07, 6.45) is 2.68. The summed E-state index contributed by atoms with van der Waals surface area (Å²) in [4.78, 5) is 14.9. The van der Waals surface area contributed by atoms with Crippen LogP contribution in [0.3, 0.4) is 0 Å². The zero-order chi connectivity index (χ0) is 20.2. The third-order valence-corrected chi connectivity index (χ3v) is 6.12. The molecule has 1 aliphatic heterocycles. The predicted octanol–water partition coefficient (Wildman–Crippen LogP) is 4.19. The van der Waals surface area contributed by atoms with Crippen LogP contribution in [-0.2, 0) is 9.47 Å². The van der Waals surface area contributed by atoms with Gasteiger partial charge in [0.05, 0.1) is 25.9 Å². The Balaban J connectivity index is 1.47. The van der Waals surface area contributed by atoms with E-state index in [0.29, 0.717) is 19.8 Å². The smallest absolute Gasteiger partial charge is 0.410 e. The number of benzene rings is 2. The van der Waals surface area contributed by atoms with Gasteiger partial charge < -0.3 is 19.5 Å². The van der Waals surface area contributed by atoms with Crippen LogP contribution in [0.25, 0.3) is 11.1 Å². The predicted molar refractivity (Wildman–Crippen MR) is 112 cm³/mol. The van der Waals surface area contributed by atoms with Gasteiger partial charge in [-0.2, -0.15) is 0 Å². The van der Waals surface area contributed by atoms with E-state index in [-0.39, 0.29) is 30.7 Å². The summed E-state index contributed by atoms with van der Waals surface area (Å²) in [5.41, 5.74) is 4.89. The molecule has 0 spiro atoms. The van der Waals surface area contributed by atoms with Gasteiger partial charge in [0.15, 0.2) is 0 Å². The summed E-state index contributed by atoms with van der Waals surface area (Å²) < 4.78 is 11.4. The normalized spacial score (nSPS) is 21.0. The monoisotopic (exact) mass is 395 g/mol. The molecule has 5 nitrogen and oxygen atoms in total. The highest BCUT2D eigenvalue weighted by atomic mass is 16.6. The van der Waals surface area contributed by atoms with Crippen LogP contribution in [0.2, 0.25) is 0 Å². The van der Waals surface area contributed by atoms with Crippen molar-refractivity contribution in [2.75, 3.05) is 26.4 Å². The Morgan fingerprint density at radius 1 is 1.03 bits per heavy atom. The second kappa shape index (κ2) is 8.97. The Kier molecular flexibility index (Phi) is 6.16. The highest BCUT2D eigenvalue weighted by Gasteiger charge is 2.35. The third kappa shape index (κ3) is 4.02. The first kappa shape index (κ1) is 19.9. The molecule has 0 aromatic heterocycles. The molecule has 0 unspecified atom stereocenters. The van der Waals surface area contributed by atoms with Gasteiger partial charge in [-0.1, -0.05) is 48.5 Å². The Bertz CT molecular complexity index is 807. The fraction of sp³-hybridized carbons (Fsp3) is 0.458. The van der Waals surface area contributed by atoms with Crippen molar-refractivity contribution in [3.63, 3.8) is 0 Å². The number of fused-ring (bicyclic) bond motifs is 3. The molecule has 29 heavy (non-hydrogen) atoms. The minimum atomic E-state index is -0.267. The topological polar surface area (TPSA) is 59.0 Å². The number of carbonyl (C=O) groups excluding carboxylic acids is 1. The van der Waals surface area contributed by atoms with E-state index in [1.807, 2.05) is 17.0 Å². The fourth-order valence-electron chi connectivity index (χ4n) is 4.73. The van der Waals surface area contributed by atoms with Crippen molar-refractivity contribution >= 4 is 6.09 Å². The largest absolute Gasteiger partial charge is 0.448 e. The lowest BCUT2D eigenvalue weighted by Gasteiger charge is -2.39. The van der Waals surface area contributed by atoms with Crippen molar-refractivity contribution in [2.24, 2.45) is 0 Å². The number of amides is 1. The van der Waals surface area contributed by atoms with Gasteiger partial charge in [0.25, 0.3) is 0 Å². The van der Waals surface area contributed by atoms with E-state index < -0.39 is 0 Å². The molecule has 0 bridgehead atoms. The van der Waals surface area contributed by atoms with Crippen molar-refractivity contribution in [1.82, 2.24) is 4.90 Å². The number of aliphatic hydroxyl groups is 1. The van der Waals surface area contributed by atoms with Crippen LogP contribution in [0.1, 0.15) is 43.2 Å². The van der Waals surface area contributed by atoms with Gasteiger partial charge in [-0.15, -0.1) is 0 Å². The van der Waals surface area contributed by atoms with Crippen LogP contribution in [0, 0.1) is 0 Å². The van der Waals surface area contributed by atoms with Gasteiger partial charge >= 0.3 is 6.09 Å². The third-order valence-electron chi connectivity index (χ3n) is 6.12. The van der Waals surface area contributed by atoms with Crippen LogP contribution in [-0.4, -0.2) is 54.6 Å². The number of aliphatic hydroxyl groups excluding tert-OH is 1. The minimum absolute atomic E-state index is 0.000880. The molecule has 1 saturated heterocycles. The minimum Gasteiger partial charge on any atom is -0.448 e. The Morgan fingerprint density at radius 3 is 2.34 bits per heavy atom. The SMILES string of the molecule is C[C@@H]1CCC[C@H](COCCO)N1C(=O)OCC1c2ccccc2-c2ccccc21. The van der Waals surface area contributed by atoms with Crippen LogP contribution < -0.4 is 0 Å². The molecule has 0 saturated carbocycles. The molecule has 5 heteroatoms. The average molecular weight is 395 g/mol. The first-order valence-corrected chi connectivity index (χ1v) is 10.5. The number of hydrogen-bond donors (Lipinski definition) is 1. The lowest BCUT2D eigenvalue weighted by Crippen LogP contribution is -2.51. The highest BCUT2D eigenvalue weighted by molar-refractivity contribution is 5.79. The van der Waals surface area contributed by atoms with E-state index in [0.717, 1.165) is 19.3 Å². The Labute approximate surface area is 172 Å². The van der Waals surface area contributed by atoms with Crippen molar-refractivity contribution in [2.45, 2.75) is 44.2 Å². The maximum atomic E-state index is 13.0. The molecule has 1 N–H and O–H groups in total.